The van der Waals surface area contributed by atoms with E-state index in [0.29, 0.717) is 5.44 Å². The number of benzene rings is 4. The minimum Gasteiger partial charge on any atom is -0.294 e. The first kappa shape index (κ1) is 29.8. The van der Waals surface area contributed by atoms with Crippen LogP contribution in [0.5, 0.6) is 0 Å². The highest BCUT2D eigenvalue weighted by molar-refractivity contribution is 7.99. The molecule has 0 aliphatic rings. The highest BCUT2D eigenvalue weighted by Gasteiger charge is 2.52. The average molecular weight is 592 g/mol. The molecular formula is C28H24Cl3NO5P+. The molecule has 0 bridgehead atoms. The molecule has 0 aliphatic heterocycles. The molecule has 0 heterocycles. The first-order valence-electron chi connectivity index (χ1n) is 11.2. The van der Waals surface area contributed by atoms with Crippen molar-refractivity contribution in [3.63, 3.8) is 0 Å². The second-order valence-electron chi connectivity index (χ2n) is 7.89. The predicted molar refractivity (Wildman–Crippen MR) is 144 cm³/mol. The van der Waals surface area contributed by atoms with E-state index in [1.807, 2.05) is 84.9 Å². The van der Waals surface area contributed by atoms with Crippen LogP contribution >= 0.6 is 30.5 Å². The fourth-order valence-electron chi connectivity index (χ4n) is 4.00. The molecule has 0 atom stereocenters. The zero-order chi connectivity index (χ0) is 27.6. The van der Waals surface area contributed by atoms with Gasteiger partial charge in [0.25, 0.3) is 0 Å². The molecule has 196 valence electrons. The third-order valence-corrected chi connectivity index (χ3v) is 10.3. The van der Waals surface area contributed by atoms with E-state index in [4.69, 9.17) is 41.8 Å². The van der Waals surface area contributed by atoms with Gasteiger partial charge in [-0.2, -0.15) is 14.0 Å². The molecule has 0 aromatic heterocycles. The van der Waals surface area contributed by atoms with Crippen molar-refractivity contribution in [2.75, 3.05) is 0 Å². The highest BCUT2D eigenvalue weighted by atomic mass is 35.7. The van der Waals surface area contributed by atoms with Crippen molar-refractivity contribution in [3.05, 3.63) is 137 Å². The second-order valence-corrected chi connectivity index (χ2v) is 13.0. The summed E-state index contributed by atoms with van der Waals surface area (Å²) in [5.74, 6) is -0.165. The van der Waals surface area contributed by atoms with Crippen LogP contribution in [0, 0.1) is 10.2 Å². The van der Waals surface area contributed by atoms with Gasteiger partial charge < -0.3 is 0 Å². The number of hydrogen-bond donors (Lipinski definition) is 2. The summed E-state index contributed by atoms with van der Waals surface area (Å²) in [4.78, 5) is 13.2. The lowest BCUT2D eigenvalue weighted by Crippen LogP contribution is -2.58. The van der Waals surface area contributed by atoms with Crippen molar-refractivity contribution in [3.8, 4) is 0 Å². The van der Waals surface area contributed by atoms with Gasteiger partial charge in [0.1, 0.15) is 15.9 Å². The Morgan fingerprint density at radius 1 is 0.684 bits per heavy atom. The number of amides is 1. The maximum absolute atomic E-state index is 13.2. The van der Waals surface area contributed by atoms with Crippen LogP contribution in [-0.4, -0.2) is 10.6 Å². The molecule has 4 aromatic carbocycles. The number of rotatable bonds is 7. The molecule has 0 saturated carbocycles. The van der Waals surface area contributed by atoms with Crippen LogP contribution < -0.4 is 35.2 Å². The molecule has 38 heavy (non-hydrogen) atoms. The van der Waals surface area contributed by atoms with Gasteiger partial charge in [0, 0.05) is 0 Å². The zero-order valence-corrected chi connectivity index (χ0v) is 23.1. The van der Waals surface area contributed by atoms with Gasteiger partial charge in [-0.15, -0.1) is 0 Å². The quantitative estimate of drug-likeness (QED) is 0.318. The van der Waals surface area contributed by atoms with Gasteiger partial charge in [0.05, 0.1) is 21.3 Å². The van der Waals surface area contributed by atoms with Crippen molar-refractivity contribution in [1.29, 1.82) is 0 Å². The van der Waals surface area contributed by atoms with Crippen molar-refractivity contribution >= 4 is 52.3 Å². The Balaban J connectivity index is 0.000000732. The lowest BCUT2D eigenvalue weighted by molar-refractivity contribution is -1.92. The van der Waals surface area contributed by atoms with Crippen LogP contribution in [0.2, 0.25) is 0 Å². The minimum atomic E-state index is -4.69. The molecule has 6 nitrogen and oxygen atoms in total. The maximum atomic E-state index is 13.2. The largest absolute Gasteiger partial charge is 0.294 e. The number of halogens is 3. The van der Waals surface area contributed by atoms with Gasteiger partial charge in [0.2, 0.25) is 11.3 Å². The van der Waals surface area contributed by atoms with E-state index in [2.05, 4.69) is 41.7 Å². The van der Waals surface area contributed by atoms with Crippen LogP contribution in [-0.2, 0) is 11.2 Å². The first-order chi connectivity index (χ1) is 18.1. The fraction of sp³-hybridized carbons (Fsp3) is 0.0357. The summed E-state index contributed by atoms with van der Waals surface area (Å²) in [6.07, 6.45) is 0.226. The maximum Gasteiger partial charge on any atom is 0.231 e. The molecule has 0 unspecified atom stereocenters. The molecule has 2 N–H and O–H groups in total. The normalized spacial score (nSPS) is 11.1. The first-order valence-corrected chi connectivity index (χ1v) is 15.0. The number of nitrogens with one attached hydrogen (secondary N) is 1. The molecule has 10 heteroatoms. The van der Waals surface area contributed by atoms with E-state index in [-0.39, 0.29) is 16.8 Å². The molecular weight excluding hydrogens is 568 g/mol. The van der Waals surface area contributed by atoms with Crippen molar-refractivity contribution in [2.24, 2.45) is 0 Å². The topological polar surface area (TPSA) is 119 Å². The van der Waals surface area contributed by atoms with E-state index in [0.717, 1.165) is 21.5 Å². The van der Waals surface area contributed by atoms with Crippen LogP contribution in [0.15, 0.2) is 131 Å². The summed E-state index contributed by atoms with van der Waals surface area (Å²) in [5, 5.41) is 6.28. The highest BCUT2D eigenvalue weighted by Crippen LogP contribution is 2.63. The predicted octanol–water partition coefficient (Wildman–Crippen LogP) is 1.82. The number of carbonyl (C=O) groups is 1. The van der Waals surface area contributed by atoms with Gasteiger partial charge in [-0.1, -0.05) is 108 Å². The molecule has 0 radical (unpaired) electrons. The average Bonchev–Trinajstić information content (AvgIpc) is 2.90. The summed E-state index contributed by atoms with van der Waals surface area (Å²) in [6, 6.07) is 40.0. The zero-order valence-electron chi connectivity index (χ0n) is 19.9. The van der Waals surface area contributed by atoms with E-state index < -0.39 is 17.5 Å². The summed E-state index contributed by atoms with van der Waals surface area (Å²) in [7, 11) is -7.29. The molecule has 0 saturated heterocycles. The number of carbonyl (C=O) groups excluding carboxylic acids is 1. The Hall–Kier alpha value is -2.77. The van der Waals surface area contributed by atoms with Crippen molar-refractivity contribution < 1.29 is 33.7 Å². The van der Waals surface area contributed by atoms with Crippen LogP contribution in [0.25, 0.3) is 0 Å². The smallest absolute Gasteiger partial charge is 0.231 e. The summed E-state index contributed by atoms with van der Waals surface area (Å²) in [6.45, 7) is 0. The monoisotopic (exact) mass is 590 g/mol. The van der Waals surface area contributed by atoms with Gasteiger partial charge in [-0.3, -0.25) is 10.1 Å². The lowest BCUT2D eigenvalue weighted by Gasteiger charge is -2.29. The Morgan fingerprint density at radius 3 is 1.32 bits per heavy atom. The Kier molecular flexibility index (Phi) is 10.9. The van der Waals surface area contributed by atoms with Gasteiger partial charge in [-0.25, -0.2) is 0 Å². The van der Waals surface area contributed by atoms with E-state index in [1.54, 1.807) is 0 Å². The van der Waals surface area contributed by atoms with Gasteiger partial charge >= 0.3 is 0 Å². The summed E-state index contributed by atoms with van der Waals surface area (Å²) in [5.41, 5.74) is 1.46. The summed E-state index contributed by atoms with van der Waals surface area (Å²) < 4.78 is 32.8. The van der Waals surface area contributed by atoms with Crippen LogP contribution in [0.3, 0.4) is 0 Å². The van der Waals surface area contributed by atoms with Crippen LogP contribution in [0.4, 0.5) is 0 Å². The molecule has 4 rings (SSSR count). The van der Waals surface area contributed by atoms with Crippen molar-refractivity contribution in [2.45, 2.75) is 6.42 Å². The van der Waals surface area contributed by atoms with E-state index in [9.17, 15) is 4.79 Å². The third kappa shape index (κ3) is 8.11. The molecule has 1 amide bonds. The van der Waals surface area contributed by atoms with Gasteiger partial charge in [0.15, 0.2) is 11.8 Å². The number of hydrogen-bond acceptors (Lipinski definition) is 5. The van der Waals surface area contributed by atoms with Crippen molar-refractivity contribution in [1.82, 2.24) is 5.32 Å². The summed E-state index contributed by atoms with van der Waals surface area (Å²) >= 11 is 13.2. The molecule has 4 aromatic rings. The molecule has 0 aliphatic carbocycles. The van der Waals surface area contributed by atoms with E-state index in [1.165, 1.54) is 0 Å². The fourth-order valence-corrected chi connectivity index (χ4v) is 8.93. The Bertz CT molecular complexity index is 1230. The SMILES string of the molecule is O=C(Cc1ccccc1)NC(=C(Cl)Cl)[P+](c1ccccc1)(c1ccccc1)c1ccccc1.[O-][Cl+3]([O-])([O-])O. The van der Waals surface area contributed by atoms with E-state index >= 15 is 0 Å². The third-order valence-electron chi connectivity index (χ3n) is 5.41. The molecule has 0 fully saturated rings. The minimum absolute atomic E-state index is 0.0568. The Labute approximate surface area is 233 Å². The second kappa shape index (κ2) is 13.9. The standard InChI is InChI=1S/C28H22Cl2NOP.ClHO4/c29-27(30)28(31-26(32)21-22-13-5-1-6-14-22)33(23-15-7-2-8-16-23,24-17-9-3-10-18-24)25-19-11-4-12-20-25;2-1(3,4)5/h1-20H,21H2;(H,2,3,4,5)/p+1. The molecule has 0 spiro atoms. The van der Waals surface area contributed by atoms with Crippen LogP contribution in [0.1, 0.15) is 5.56 Å². The van der Waals surface area contributed by atoms with Gasteiger partial charge in [-0.05, 0) is 42.0 Å². The Morgan fingerprint density at radius 2 is 1.00 bits per heavy atom. The lowest BCUT2D eigenvalue weighted by atomic mass is 10.1.